The van der Waals surface area contributed by atoms with Crippen LogP contribution in [0.5, 0.6) is 0 Å². The molecule has 1 aromatic carbocycles. The van der Waals surface area contributed by atoms with Crippen LogP contribution < -0.4 is 0 Å². The Labute approximate surface area is 112 Å². The van der Waals surface area contributed by atoms with Gasteiger partial charge in [0.1, 0.15) is 6.61 Å². The van der Waals surface area contributed by atoms with E-state index in [0.29, 0.717) is 6.54 Å². The monoisotopic (exact) mass is 256 g/mol. The summed E-state index contributed by atoms with van der Waals surface area (Å²) in [6, 6.07) is 10.0. The predicted octanol–water partition coefficient (Wildman–Crippen LogP) is 2.20. The van der Waals surface area contributed by atoms with Gasteiger partial charge in [0, 0.05) is 24.5 Å². The summed E-state index contributed by atoms with van der Waals surface area (Å²) in [4.78, 5) is 5.10. The first kappa shape index (κ1) is 13.4. The summed E-state index contributed by atoms with van der Waals surface area (Å²) < 4.78 is 5.54. The number of hydrogen-bond donors (Lipinski definition) is 0. The van der Waals surface area contributed by atoms with E-state index in [4.69, 9.17) is 16.7 Å². The zero-order chi connectivity index (χ0) is 13.5. The van der Waals surface area contributed by atoms with Crippen molar-refractivity contribution in [1.82, 2.24) is 4.90 Å². The molecule has 19 heavy (non-hydrogen) atoms. The van der Waals surface area contributed by atoms with Gasteiger partial charge >= 0.3 is 0 Å². The molecule has 1 aromatic rings. The SMILES string of the molecule is C#CCOC1CN(Cc2ccccc2)CC1N=[N+]=[N-]. The maximum atomic E-state index is 8.59. The van der Waals surface area contributed by atoms with E-state index >= 15 is 0 Å². The van der Waals surface area contributed by atoms with Crippen molar-refractivity contribution in [3.8, 4) is 12.3 Å². The van der Waals surface area contributed by atoms with Crippen molar-refractivity contribution in [3.63, 3.8) is 0 Å². The van der Waals surface area contributed by atoms with Gasteiger partial charge in [0.2, 0.25) is 0 Å². The van der Waals surface area contributed by atoms with Crippen LogP contribution in [0.1, 0.15) is 5.56 Å². The van der Waals surface area contributed by atoms with Gasteiger partial charge in [-0.3, -0.25) is 4.90 Å². The average molecular weight is 256 g/mol. The quantitative estimate of drug-likeness (QED) is 0.351. The molecule has 5 nitrogen and oxygen atoms in total. The zero-order valence-corrected chi connectivity index (χ0v) is 10.6. The molecular formula is C14H16N4O. The minimum absolute atomic E-state index is 0.115. The highest BCUT2D eigenvalue weighted by atomic mass is 16.5. The second-order valence-corrected chi connectivity index (χ2v) is 4.51. The number of benzene rings is 1. The number of azide groups is 1. The normalized spacial score (nSPS) is 22.7. The summed E-state index contributed by atoms with van der Waals surface area (Å²) in [5.74, 6) is 2.45. The first-order valence-corrected chi connectivity index (χ1v) is 6.19. The van der Waals surface area contributed by atoms with Crippen molar-refractivity contribution >= 4 is 0 Å². The summed E-state index contributed by atoms with van der Waals surface area (Å²) in [6.07, 6.45) is 5.08. The van der Waals surface area contributed by atoms with Crippen molar-refractivity contribution in [2.45, 2.75) is 18.7 Å². The molecule has 2 atom stereocenters. The van der Waals surface area contributed by atoms with Crippen molar-refractivity contribution in [2.24, 2.45) is 5.11 Å². The van der Waals surface area contributed by atoms with Crippen LogP contribution in [0.25, 0.3) is 10.4 Å². The molecule has 0 radical (unpaired) electrons. The Hall–Kier alpha value is -1.99. The van der Waals surface area contributed by atoms with Gasteiger partial charge in [-0.05, 0) is 11.1 Å². The van der Waals surface area contributed by atoms with Crippen LogP contribution >= 0.6 is 0 Å². The molecule has 0 bridgehead atoms. The third-order valence-corrected chi connectivity index (χ3v) is 3.14. The molecule has 0 N–H and O–H groups in total. The van der Waals surface area contributed by atoms with Gasteiger partial charge < -0.3 is 4.74 Å². The molecule has 5 heteroatoms. The fourth-order valence-corrected chi connectivity index (χ4v) is 2.30. The third-order valence-electron chi connectivity index (χ3n) is 3.14. The molecule has 1 aliphatic heterocycles. The summed E-state index contributed by atoms with van der Waals surface area (Å²) in [5.41, 5.74) is 9.83. The third kappa shape index (κ3) is 3.73. The molecular weight excluding hydrogens is 240 g/mol. The Kier molecular flexibility index (Phi) is 4.82. The van der Waals surface area contributed by atoms with Gasteiger partial charge in [-0.1, -0.05) is 41.4 Å². The van der Waals surface area contributed by atoms with E-state index in [2.05, 4.69) is 33.0 Å². The number of terminal acetylenes is 1. The number of ether oxygens (including phenoxy) is 1. The summed E-state index contributed by atoms with van der Waals surface area (Å²) in [6.45, 7) is 2.52. The zero-order valence-electron chi connectivity index (χ0n) is 10.6. The molecule has 0 aliphatic carbocycles. The van der Waals surface area contributed by atoms with Crippen molar-refractivity contribution < 1.29 is 4.74 Å². The van der Waals surface area contributed by atoms with Gasteiger partial charge in [0.25, 0.3) is 0 Å². The van der Waals surface area contributed by atoms with Crippen LogP contribution in [-0.4, -0.2) is 36.7 Å². The van der Waals surface area contributed by atoms with E-state index in [9.17, 15) is 0 Å². The lowest BCUT2D eigenvalue weighted by molar-refractivity contribution is 0.0743. The molecule has 2 rings (SSSR count). The van der Waals surface area contributed by atoms with Crippen molar-refractivity contribution in [3.05, 3.63) is 46.3 Å². The van der Waals surface area contributed by atoms with Crippen LogP contribution in [0.2, 0.25) is 0 Å². The molecule has 1 fully saturated rings. The Bertz CT molecular complexity index is 490. The van der Waals surface area contributed by atoms with Gasteiger partial charge in [-0.25, -0.2) is 0 Å². The standard InChI is InChI=1S/C14H16N4O/c1-2-8-19-14-11-18(10-13(14)16-17-15)9-12-6-4-3-5-7-12/h1,3-7,13-14H,8-11H2. The van der Waals surface area contributed by atoms with Crippen LogP contribution in [0.4, 0.5) is 0 Å². The van der Waals surface area contributed by atoms with Crippen LogP contribution in [0.3, 0.4) is 0 Å². The Morgan fingerprint density at radius 1 is 1.42 bits per heavy atom. The molecule has 1 saturated heterocycles. The topological polar surface area (TPSA) is 61.2 Å². The number of rotatable bonds is 5. The average Bonchev–Trinajstić information content (AvgIpc) is 2.80. The predicted molar refractivity (Wildman–Crippen MR) is 73.2 cm³/mol. The van der Waals surface area contributed by atoms with E-state index in [1.807, 2.05) is 18.2 Å². The largest absolute Gasteiger partial charge is 0.364 e. The first-order valence-electron chi connectivity index (χ1n) is 6.19. The van der Waals surface area contributed by atoms with Crippen molar-refractivity contribution in [2.75, 3.05) is 19.7 Å². The van der Waals surface area contributed by atoms with E-state index in [-0.39, 0.29) is 18.8 Å². The lowest BCUT2D eigenvalue weighted by Crippen LogP contribution is -2.25. The van der Waals surface area contributed by atoms with Gasteiger partial charge in [0.15, 0.2) is 0 Å². The first-order chi connectivity index (χ1) is 9.33. The summed E-state index contributed by atoms with van der Waals surface area (Å²) >= 11 is 0. The van der Waals surface area contributed by atoms with E-state index in [1.54, 1.807) is 0 Å². The minimum atomic E-state index is -0.165. The molecule has 0 aromatic heterocycles. The van der Waals surface area contributed by atoms with E-state index in [0.717, 1.165) is 13.1 Å². The summed E-state index contributed by atoms with van der Waals surface area (Å²) in [5, 5.41) is 3.80. The van der Waals surface area contributed by atoms with E-state index < -0.39 is 0 Å². The second-order valence-electron chi connectivity index (χ2n) is 4.51. The van der Waals surface area contributed by atoms with Gasteiger partial charge in [0.05, 0.1) is 12.1 Å². The second kappa shape index (κ2) is 6.81. The Balaban J connectivity index is 1.97. The number of likely N-dealkylation sites (tertiary alicyclic amines) is 1. The maximum Gasteiger partial charge on any atom is 0.107 e. The fraction of sp³-hybridized carbons (Fsp3) is 0.429. The highest BCUT2D eigenvalue weighted by Crippen LogP contribution is 2.19. The summed E-state index contributed by atoms with van der Waals surface area (Å²) in [7, 11) is 0. The van der Waals surface area contributed by atoms with Crippen LogP contribution in [0, 0.1) is 12.3 Å². The van der Waals surface area contributed by atoms with Gasteiger partial charge in [-0.15, -0.1) is 6.42 Å². The molecule has 1 aliphatic rings. The fourth-order valence-electron chi connectivity index (χ4n) is 2.30. The molecule has 0 saturated carbocycles. The molecule has 1 heterocycles. The Morgan fingerprint density at radius 3 is 2.89 bits per heavy atom. The highest BCUT2D eigenvalue weighted by Gasteiger charge is 2.32. The van der Waals surface area contributed by atoms with Crippen LogP contribution in [0.15, 0.2) is 35.4 Å². The molecule has 0 amide bonds. The van der Waals surface area contributed by atoms with Gasteiger partial charge in [-0.2, -0.15) is 0 Å². The molecule has 98 valence electrons. The molecule has 0 spiro atoms. The molecule has 2 unspecified atom stereocenters. The van der Waals surface area contributed by atoms with Crippen molar-refractivity contribution in [1.29, 1.82) is 0 Å². The number of hydrogen-bond acceptors (Lipinski definition) is 3. The maximum absolute atomic E-state index is 8.59. The van der Waals surface area contributed by atoms with E-state index in [1.165, 1.54) is 5.56 Å². The lowest BCUT2D eigenvalue weighted by Gasteiger charge is -2.15. The number of nitrogens with zero attached hydrogens (tertiary/aromatic N) is 4. The highest BCUT2D eigenvalue weighted by molar-refractivity contribution is 5.15. The minimum Gasteiger partial charge on any atom is -0.364 e. The smallest absolute Gasteiger partial charge is 0.107 e. The Morgan fingerprint density at radius 2 is 2.21 bits per heavy atom. The lowest BCUT2D eigenvalue weighted by atomic mass is 10.2. The van der Waals surface area contributed by atoms with Crippen LogP contribution in [-0.2, 0) is 11.3 Å².